The predicted octanol–water partition coefficient (Wildman–Crippen LogP) is 13.2. The van der Waals surface area contributed by atoms with Gasteiger partial charge in [0.25, 0.3) is 0 Å². The Morgan fingerprint density at radius 2 is 0.660 bits per heavy atom. The molecule has 2 nitrogen and oxygen atoms in total. The number of rotatable bonds is 4. The quantitative estimate of drug-likeness (QED) is 0.198. The minimum atomic E-state index is 0.552. The second-order valence-corrected chi connectivity index (χ2v) is 12.2. The lowest BCUT2D eigenvalue weighted by atomic mass is 10.0. The molecule has 0 aliphatic carbocycles. The third kappa shape index (κ3) is 16.7. The molecule has 0 spiro atoms. The van der Waals surface area contributed by atoms with Crippen LogP contribution in [0.3, 0.4) is 0 Å². The summed E-state index contributed by atoms with van der Waals surface area (Å²) in [5, 5.41) is 0. The average Bonchev–Trinajstić information content (AvgIpc) is 3.08. The Morgan fingerprint density at radius 3 is 0.894 bits per heavy atom. The van der Waals surface area contributed by atoms with Gasteiger partial charge in [0, 0.05) is 22.7 Å². The van der Waals surface area contributed by atoms with Crippen LogP contribution >= 0.6 is 0 Å². The Kier molecular flexibility index (Phi) is 18.2. The summed E-state index contributed by atoms with van der Waals surface area (Å²) in [6, 6.07) is 59.8. The molecule has 6 aromatic rings. The minimum absolute atomic E-state index is 0.552. The minimum Gasteiger partial charge on any atom is -0.399 e. The van der Waals surface area contributed by atoms with Gasteiger partial charge < -0.3 is 10.6 Å². The van der Waals surface area contributed by atoms with Gasteiger partial charge in [0.05, 0.1) is 0 Å². The number of hydrogen-bond donors (Lipinski definition) is 1. The molecule has 0 saturated carbocycles. The number of para-hydroxylation sites is 3. The lowest BCUT2D eigenvalue weighted by Gasteiger charge is -2.25. The van der Waals surface area contributed by atoms with Crippen LogP contribution in [0.25, 0.3) is 0 Å². The van der Waals surface area contributed by atoms with E-state index in [1.54, 1.807) is 0 Å². The Hall–Kier alpha value is -5.08. The zero-order valence-corrected chi connectivity index (χ0v) is 29.4. The van der Waals surface area contributed by atoms with Gasteiger partial charge in [0.2, 0.25) is 0 Å². The molecule has 0 amide bonds. The second kappa shape index (κ2) is 22.4. The highest BCUT2D eigenvalue weighted by molar-refractivity contribution is 5.76. The summed E-state index contributed by atoms with van der Waals surface area (Å²) in [5.74, 6) is 1.39. The number of benzene rings is 6. The van der Waals surface area contributed by atoms with Crippen LogP contribution in [-0.2, 0) is 0 Å². The molecule has 47 heavy (non-hydrogen) atoms. The largest absolute Gasteiger partial charge is 0.399 e. The Balaban J connectivity index is 0.000000249. The Morgan fingerprint density at radius 1 is 0.383 bits per heavy atom. The lowest BCUT2D eigenvalue weighted by Crippen LogP contribution is -2.09. The van der Waals surface area contributed by atoms with Crippen LogP contribution in [0, 0.1) is 19.8 Å². The van der Waals surface area contributed by atoms with Gasteiger partial charge in [0.15, 0.2) is 0 Å². The Bertz CT molecular complexity index is 1430. The van der Waals surface area contributed by atoms with Crippen molar-refractivity contribution in [3.05, 3.63) is 193 Å². The molecule has 6 rings (SSSR count). The summed E-state index contributed by atoms with van der Waals surface area (Å²) < 4.78 is 0. The SMILES string of the molecule is CC(C)C.CC(C)c1ccc(N(c2ccccc2)c2ccccc2)cc1.Cc1ccccc1.Cc1ccccc1.Nc1ccccc1. The number of nitrogen functional groups attached to an aromatic ring is 1. The van der Waals surface area contributed by atoms with E-state index in [4.69, 9.17) is 5.73 Å². The van der Waals surface area contributed by atoms with Crippen molar-refractivity contribution in [3.8, 4) is 0 Å². The van der Waals surface area contributed by atoms with E-state index < -0.39 is 0 Å². The first-order valence-corrected chi connectivity index (χ1v) is 16.5. The normalized spacial score (nSPS) is 9.64. The first kappa shape index (κ1) is 38.1. The monoisotopic (exact) mass is 622 g/mol. The lowest BCUT2D eigenvalue weighted by molar-refractivity contribution is 0.737. The van der Waals surface area contributed by atoms with Crippen LogP contribution in [0.2, 0.25) is 0 Å². The maximum Gasteiger partial charge on any atom is 0.0461 e. The van der Waals surface area contributed by atoms with Gasteiger partial charge in [0.1, 0.15) is 0 Å². The van der Waals surface area contributed by atoms with Gasteiger partial charge in [-0.3, -0.25) is 0 Å². The highest BCUT2D eigenvalue weighted by Crippen LogP contribution is 2.34. The second-order valence-electron chi connectivity index (χ2n) is 12.2. The molecule has 0 aliphatic rings. The van der Waals surface area contributed by atoms with E-state index in [-0.39, 0.29) is 0 Å². The summed E-state index contributed by atoms with van der Waals surface area (Å²) in [7, 11) is 0. The van der Waals surface area contributed by atoms with Gasteiger partial charge in [-0.1, -0.05) is 173 Å². The maximum absolute atomic E-state index is 5.36. The summed E-state index contributed by atoms with van der Waals surface area (Å²) in [4.78, 5) is 2.28. The number of hydrogen-bond acceptors (Lipinski definition) is 2. The van der Waals surface area contributed by atoms with Crippen molar-refractivity contribution in [2.75, 3.05) is 10.6 Å². The van der Waals surface area contributed by atoms with Crippen LogP contribution in [0.15, 0.2) is 176 Å². The number of nitrogens with two attached hydrogens (primary N) is 1. The van der Waals surface area contributed by atoms with Crippen LogP contribution in [0.4, 0.5) is 22.7 Å². The molecule has 2 N–H and O–H groups in total. The van der Waals surface area contributed by atoms with Crippen LogP contribution in [0.1, 0.15) is 57.2 Å². The first-order chi connectivity index (χ1) is 22.7. The van der Waals surface area contributed by atoms with E-state index in [9.17, 15) is 0 Å². The molecule has 0 radical (unpaired) electrons. The van der Waals surface area contributed by atoms with E-state index in [1.807, 2.05) is 66.7 Å². The number of nitrogens with zero attached hydrogens (tertiary/aromatic N) is 1. The Labute approximate surface area is 285 Å². The van der Waals surface area contributed by atoms with Crippen molar-refractivity contribution >= 4 is 22.7 Å². The van der Waals surface area contributed by atoms with Gasteiger partial charge >= 0.3 is 0 Å². The molecule has 0 unspecified atom stereocenters. The molecule has 2 heteroatoms. The fraction of sp³-hybridized carbons (Fsp3) is 0.200. The van der Waals surface area contributed by atoms with Crippen molar-refractivity contribution < 1.29 is 0 Å². The summed E-state index contributed by atoms with van der Waals surface area (Å²) in [6.45, 7) is 15.1. The van der Waals surface area contributed by atoms with Gasteiger partial charge in [-0.2, -0.15) is 0 Å². The molecule has 0 aromatic heterocycles. The molecule has 0 heterocycles. The summed E-state index contributed by atoms with van der Waals surface area (Å²) >= 11 is 0. The molecule has 0 saturated heterocycles. The van der Waals surface area contributed by atoms with E-state index in [1.165, 1.54) is 33.8 Å². The smallest absolute Gasteiger partial charge is 0.0461 e. The third-order valence-electron chi connectivity index (χ3n) is 6.53. The number of anilines is 4. The topological polar surface area (TPSA) is 29.3 Å². The highest BCUT2D eigenvalue weighted by Gasteiger charge is 2.11. The van der Waals surface area contributed by atoms with Crippen molar-refractivity contribution in [1.29, 1.82) is 0 Å². The number of aryl methyl sites for hydroxylation is 2. The highest BCUT2D eigenvalue weighted by atomic mass is 15.1. The molecular weight excluding hydrogens is 569 g/mol. The molecular formula is C45H54N2. The molecule has 0 bridgehead atoms. The third-order valence-corrected chi connectivity index (χ3v) is 6.53. The van der Waals surface area contributed by atoms with Crippen molar-refractivity contribution in [1.82, 2.24) is 0 Å². The zero-order valence-electron chi connectivity index (χ0n) is 29.4. The van der Waals surface area contributed by atoms with Crippen LogP contribution in [0.5, 0.6) is 0 Å². The van der Waals surface area contributed by atoms with Gasteiger partial charge in [-0.05, 0) is 79.8 Å². The summed E-state index contributed by atoms with van der Waals surface area (Å²) in [6.07, 6.45) is 0. The zero-order chi connectivity index (χ0) is 34.3. The standard InChI is InChI=1S/C21H21N.2C7H8.C6H7N.C4H10/c1-17(2)18-13-15-21(16-14-18)22(19-9-5-3-6-10-19)20-11-7-4-8-12-20;2*1-7-5-3-2-4-6-7;7-6-4-2-1-3-5-6;1-4(2)3/h3-17H,1-2H3;2*2-6H,1H3;1-5H,7H2;4H,1-3H3. The van der Waals surface area contributed by atoms with Gasteiger partial charge in [-0.15, -0.1) is 0 Å². The fourth-order valence-electron chi connectivity index (χ4n) is 4.13. The van der Waals surface area contributed by atoms with Crippen molar-refractivity contribution in [2.45, 2.75) is 54.4 Å². The average molecular weight is 623 g/mol. The maximum atomic E-state index is 5.36. The van der Waals surface area contributed by atoms with Gasteiger partial charge in [-0.25, -0.2) is 0 Å². The first-order valence-electron chi connectivity index (χ1n) is 16.5. The van der Waals surface area contributed by atoms with E-state index in [2.05, 4.69) is 163 Å². The molecule has 0 fully saturated rings. The summed E-state index contributed by atoms with van der Waals surface area (Å²) in [5.41, 5.74) is 13.7. The van der Waals surface area contributed by atoms with Crippen molar-refractivity contribution in [3.63, 3.8) is 0 Å². The molecule has 0 aliphatic heterocycles. The molecule has 6 aromatic carbocycles. The fourth-order valence-corrected chi connectivity index (χ4v) is 4.13. The molecule has 244 valence electrons. The van der Waals surface area contributed by atoms with Crippen LogP contribution < -0.4 is 10.6 Å². The van der Waals surface area contributed by atoms with E-state index in [0.717, 1.165) is 11.6 Å². The van der Waals surface area contributed by atoms with Crippen LogP contribution in [-0.4, -0.2) is 0 Å². The van der Waals surface area contributed by atoms with Crippen molar-refractivity contribution in [2.24, 2.45) is 5.92 Å². The van der Waals surface area contributed by atoms with E-state index >= 15 is 0 Å². The molecule has 0 atom stereocenters. The predicted molar refractivity (Wildman–Crippen MR) is 209 cm³/mol. The van der Waals surface area contributed by atoms with E-state index in [0.29, 0.717) is 5.92 Å².